The van der Waals surface area contributed by atoms with Gasteiger partial charge in [-0.25, -0.2) is 0 Å². The molecule has 0 spiro atoms. The number of nitrogen functional groups attached to an aromatic ring is 1. The Labute approximate surface area is 134 Å². The minimum atomic E-state index is -0.586. The van der Waals surface area contributed by atoms with E-state index < -0.39 is 5.60 Å². The van der Waals surface area contributed by atoms with Crippen LogP contribution in [0.3, 0.4) is 0 Å². The zero-order chi connectivity index (χ0) is 16.3. The Morgan fingerprint density at radius 3 is 2.55 bits per heavy atom. The predicted octanol–water partition coefficient (Wildman–Crippen LogP) is 3.29. The van der Waals surface area contributed by atoms with Crippen LogP contribution in [-0.4, -0.2) is 30.9 Å². The molecule has 0 amide bonds. The number of rotatable bonds is 5. The molecular formula is C18H30N2O2. The highest BCUT2D eigenvalue weighted by Crippen LogP contribution is 2.35. The van der Waals surface area contributed by atoms with Gasteiger partial charge in [-0.3, -0.25) is 0 Å². The quantitative estimate of drug-likeness (QED) is 0.820. The van der Waals surface area contributed by atoms with Crippen molar-refractivity contribution in [2.45, 2.75) is 45.6 Å². The van der Waals surface area contributed by atoms with Gasteiger partial charge in [0, 0.05) is 24.8 Å². The molecule has 2 rings (SSSR count). The summed E-state index contributed by atoms with van der Waals surface area (Å²) < 4.78 is 5.46. The summed E-state index contributed by atoms with van der Waals surface area (Å²) in [5.74, 6) is 1.87. The molecule has 4 nitrogen and oxygen atoms in total. The molecule has 3 N–H and O–H groups in total. The monoisotopic (exact) mass is 306 g/mol. The zero-order valence-corrected chi connectivity index (χ0v) is 14.3. The van der Waals surface area contributed by atoms with E-state index in [1.807, 2.05) is 32.0 Å². The van der Waals surface area contributed by atoms with Crippen LogP contribution >= 0.6 is 0 Å². The minimum Gasteiger partial charge on any atom is -0.495 e. The van der Waals surface area contributed by atoms with Crippen molar-refractivity contribution in [1.82, 2.24) is 0 Å². The molecular weight excluding hydrogens is 276 g/mol. The molecule has 0 bridgehead atoms. The number of hydrogen-bond acceptors (Lipinski definition) is 4. The van der Waals surface area contributed by atoms with Crippen molar-refractivity contribution in [2.75, 3.05) is 30.8 Å². The summed E-state index contributed by atoms with van der Waals surface area (Å²) in [4.78, 5) is 2.38. The van der Waals surface area contributed by atoms with Crippen LogP contribution in [0.2, 0.25) is 0 Å². The van der Waals surface area contributed by atoms with Gasteiger partial charge < -0.3 is 20.5 Å². The molecule has 1 aromatic rings. The highest BCUT2D eigenvalue weighted by atomic mass is 16.5. The van der Waals surface area contributed by atoms with Crippen LogP contribution < -0.4 is 15.4 Å². The predicted molar refractivity (Wildman–Crippen MR) is 92.4 cm³/mol. The number of methoxy groups -OCH3 is 1. The highest BCUT2D eigenvalue weighted by Gasteiger charge is 2.28. The molecule has 0 aromatic heterocycles. The molecule has 1 fully saturated rings. The Morgan fingerprint density at radius 1 is 1.36 bits per heavy atom. The number of nitrogens with two attached hydrogens (primary N) is 1. The first kappa shape index (κ1) is 16.9. The molecule has 1 aliphatic heterocycles. The lowest BCUT2D eigenvalue weighted by Gasteiger charge is -2.37. The van der Waals surface area contributed by atoms with E-state index in [0.29, 0.717) is 11.8 Å². The van der Waals surface area contributed by atoms with Gasteiger partial charge in [-0.05, 0) is 57.1 Å². The van der Waals surface area contributed by atoms with E-state index in [2.05, 4.69) is 11.8 Å². The average molecular weight is 306 g/mol. The van der Waals surface area contributed by atoms with E-state index in [4.69, 9.17) is 10.5 Å². The summed E-state index contributed by atoms with van der Waals surface area (Å²) in [7, 11) is 1.69. The molecule has 1 aromatic carbocycles. The number of nitrogens with zero attached hydrogens (tertiary/aromatic N) is 1. The van der Waals surface area contributed by atoms with E-state index in [1.165, 1.54) is 0 Å². The SMILES string of the molecule is COc1cc(N)ccc1N1CCC(C[C@@H](C)C(C)(C)O)CC1. The largest absolute Gasteiger partial charge is 0.495 e. The first-order valence-electron chi connectivity index (χ1n) is 8.22. The number of anilines is 2. The van der Waals surface area contributed by atoms with E-state index in [-0.39, 0.29) is 0 Å². The first-order valence-corrected chi connectivity index (χ1v) is 8.22. The van der Waals surface area contributed by atoms with Crippen molar-refractivity contribution in [3.8, 4) is 5.75 Å². The summed E-state index contributed by atoms with van der Waals surface area (Å²) in [6.07, 6.45) is 3.41. The Morgan fingerprint density at radius 2 is 2.00 bits per heavy atom. The Bertz CT molecular complexity index is 488. The van der Waals surface area contributed by atoms with Gasteiger partial charge in [-0.1, -0.05) is 6.92 Å². The number of piperidine rings is 1. The minimum absolute atomic E-state index is 0.329. The van der Waals surface area contributed by atoms with Crippen LogP contribution in [0, 0.1) is 11.8 Å². The molecule has 1 saturated heterocycles. The fourth-order valence-corrected chi connectivity index (χ4v) is 3.15. The molecule has 1 atom stereocenters. The van der Waals surface area contributed by atoms with Gasteiger partial charge >= 0.3 is 0 Å². The number of benzene rings is 1. The molecule has 1 aliphatic rings. The number of ether oxygens (including phenoxy) is 1. The molecule has 22 heavy (non-hydrogen) atoms. The molecule has 0 radical (unpaired) electrons. The van der Waals surface area contributed by atoms with E-state index in [1.54, 1.807) is 7.11 Å². The third-order valence-electron chi connectivity index (χ3n) is 5.05. The van der Waals surface area contributed by atoms with Gasteiger partial charge in [0.2, 0.25) is 0 Å². The van der Waals surface area contributed by atoms with Crippen LogP contribution in [0.5, 0.6) is 5.75 Å². The normalized spacial score (nSPS) is 18.3. The Hall–Kier alpha value is -1.42. The van der Waals surface area contributed by atoms with Crippen LogP contribution in [0.15, 0.2) is 18.2 Å². The molecule has 0 unspecified atom stereocenters. The second-order valence-electron chi connectivity index (χ2n) is 7.15. The van der Waals surface area contributed by atoms with Crippen molar-refractivity contribution >= 4 is 11.4 Å². The maximum Gasteiger partial charge on any atom is 0.144 e. The van der Waals surface area contributed by atoms with E-state index in [0.717, 1.165) is 49.5 Å². The third-order valence-corrected chi connectivity index (χ3v) is 5.05. The van der Waals surface area contributed by atoms with Crippen molar-refractivity contribution in [3.05, 3.63) is 18.2 Å². The van der Waals surface area contributed by atoms with Gasteiger partial charge in [-0.15, -0.1) is 0 Å². The topological polar surface area (TPSA) is 58.7 Å². The third kappa shape index (κ3) is 4.07. The Kier molecular flexibility index (Phi) is 5.22. The molecule has 124 valence electrons. The van der Waals surface area contributed by atoms with Crippen LogP contribution in [0.4, 0.5) is 11.4 Å². The van der Waals surface area contributed by atoms with Crippen molar-refractivity contribution < 1.29 is 9.84 Å². The smallest absolute Gasteiger partial charge is 0.144 e. The fraction of sp³-hybridized carbons (Fsp3) is 0.667. The second kappa shape index (κ2) is 6.78. The van der Waals surface area contributed by atoms with Crippen LogP contribution in [0.25, 0.3) is 0 Å². The summed E-state index contributed by atoms with van der Waals surface area (Å²) in [6.45, 7) is 8.03. The van der Waals surface area contributed by atoms with Crippen LogP contribution in [0.1, 0.15) is 40.0 Å². The lowest BCUT2D eigenvalue weighted by atomic mass is 9.81. The van der Waals surface area contributed by atoms with Crippen molar-refractivity contribution in [2.24, 2.45) is 11.8 Å². The molecule has 1 heterocycles. The summed E-state index contributed by atoms with van der Waals surface area (Å²) >= 11 is 0. The van der Waals surface area contributed by atoms with Gasteiger partial charge in [0.1, 0.15) is 5.75 Å². The Balaban J connectivity index is 1.95. The van der Waals surface area contributed by atoms with Crippen LogP contribution in [-0.2, 0) is 0 Å². The van der Waals surface area contributed by atoms with Crippen molar-refractivity contribution in [3.63, 3.8) is 0 Å². The molecule has 0 saturated carbocycles. The summed E-state index contributed by atoms with van der Waals surface area (Å²) in [5.41, 5.74) is 7.10. The summed E-state index contributed by atoms with van der Waals surface area (Å²) in [6, 6.07) is 5.87. The van der Waals surface area contributed by atoms with Gasteiger partial charge in [-0.2, -0.15) is 0 Å². The van der Waals surface area contributed by atoms with Crippen molar-refractivity contribution in [1.29, 1.82) is 0 Å². The summed E-state index contributed by atoms with van der Waals surface area (Å²) in [5, 5.41) is 10.1. The molecule has 4 heteroatoms. The van der Waals surface area contributed by atoms with Gasteiger partial charge in [0.15, 0.2) is 0 Å². The standard InChI is InChI=1S/C18H30N2O2/c1-13(18(2,3)21)11-14-7-9-20(10-8-14)16-6-5-15(19)12-17(16)22-4/h5-6,12-14,21H,7-11,19H2,1-4H3/t13-/m1/s1. The van der Waals surface area contributed by atoms with Gasteiger partial charge in [0.25, 0.3) is 0 Å². The lowest BCUT2D eigenvalue weighted by Crippen LogP contribution is -2.36. The molecule has 0 aliphatic carbocycles. The second-order valence-corrected chi connectivity index (χ2v) is 7.15. The van der Waals surface area contributed by atoms with E-state index in [9.17, 15) is 5.11 Å². The fourth-order valence-electron chi connectivity index (χ4n) is 3.15. The maximum atomic E-state index is 10.1. The average Bonchev–Trinajstić information content (AvgIpc) is 2.47. The van der Waals surface area contributed by atoms with E-state index >= 15 is 0 Å². The first-order chi connectivity index (χ1) is 10.3. The highest BCUT2D eigenvalue weighted by molar-refractivity contribution is 5.64. The lowest BCUT2D eigenvalue weighted by molar-refractivity contribution is 0.0128. The van der Waals surface area contributed by atoms with Gasteiger partial charge in [0.05, 0.1) is 18.4 Å². The number of hydrogen-bond donors (Lipinski definition) is 2. The maximum absolute atomic E-state index is 10.1. The number of aliphatic hydroxyl groups is 1. The zero-order valence-electron chi connectivity index (χ0n) is 14.3.